The summed E-state index contributed by atoms with van der Waals surface area (Å²) in [6.45, 7) is 1.50. The molecular formula is C17H19F2NO3S. The maximum Gasteiger partial charge on any atom is 0.307 e. The van der Waals surface area contributed by atoms with E-state index >= 15 is 0 Å². The van der Waals surface area contributed by atoms with Crippen molar-refractivity contribution >= 4 is 29.3 Å². The summed E-state index contributed by atoms with van der Waals surface area (Å²) in [6, 6.07) is 6.05. The zero-order valence-electron chi connectivity index (χ0n) is 13.2. The van der Waals surface area contributed by atoms with Crippen LogP contribution >= 0.6 is 11.8 Å². The summed E-state index contributed by atoms with van der Waals surface area (Å²) >= 11 is 0.435. The van der Waals surface area contributed by atoms with Gasteiger partial charge in [0.25, 0.3) is 11.7 Å². The monoisotopic (exact) mass is 355 g/mol. The number of nitrogens with one attached hydrogen (secondary N) is 1. The van der Waals surface area contributed by atoms with Crippen molar-refractivity contribution in [1.82, 2.24) is 0 Å². The van der Waals surface area contributed by atoms with E-state index in [2.05, 4.69) is 5.32 Å². The molecule has 0 saturated heterocycles. The number of carbonyl (C=O) groups is 2. The second kappa shape index (κ2) is 8.82. The third-order valence-corrected chi connectivity index (χ3v) is 4.29. The first-order valence-electron chi connectivity index (χ1n) is 7.66. The molecule has 4 nitrogen and oxygen atoms in total. The van der Waals surface area contributed by atoms with E-state index in [0.717, 1.165) is 12.8 Å². The first kappa shape index (κ1) is 18.4. The van der Waals surface area contributed by atoms with Crippen LogP contribution in [0.3, 0.4) is 0 Å². The molecule has 7 heteroatoms. The number of anilines is 1. The Morgan fingerprint density at radius 2 is 2.04 bits per heavy atom. The fourth-order valence-electron chi connectivity index (χ4n) is 2.34. The summed E-state index contributed by atoms with van der Waals surface area (Å²) in [7, 11) is 0. The molecule has 0 unspecified atom stereocenters. The molecule has 0 fully saturated rings. The number of hydrogen-bond acceptors (Lipinski definition) is 4. The molecule has 0 aromatic heterocycles. The Morgan fingerprint density at radius 1 is 1.33 bits per heavy atom. The third kappa shape index (κ3) is 5.96. The van der Waals surface area contributed by atoms with Crippen molar-refractivity contribution < 1.29 is 23.1 Å². The first-order chi connectivity index (χ1) is 11.4. The van der Waals surface area contributed by atoms with Crippen LogP contribution < -0.4 is 5.32 Å². The second-order valence-corrected chi connectivity index (χ2v) is 6.56. The van der Waals surface area contributed by atoms with Crippen LogP contribution in [-0.2, 0) is 14.3 Å². The zero-order valence-corrected chi connectivity index (χ0v) is 14.0. The van der Waals surface area contributed by atoms with Gasteiger partial charge in [-0.15, -0.1) is 0 Å². The number of halogens is 2. The topological polar surface area (TPSA) is 55.4 Å². The van der Waals surface area contributed by atoms with E-state index in [-0.39, 0.29) is 12.3 Å². The highest BCUT2D eigenvalue weighted by Gasteiger charge is 2.21. The number of rotatable bonds is 7. The molecule has 1 aliphatic rings. The largest absolute Gasteiger partial charge is 0.453 e. The number of alkyl halides is 2. The van der Waals surface area contributed by atoms with Gasteiger partial charge in [-0.3, -0.25) is 9.59 Å². The van der Waals surface area contributed by atoms with Gasteiger partial charge in [0.1, 0.15) is 0 Å². The minimum Gasteiger partial charge on any atom is -0.453 e. The standard InChI is InChI=1S/C17H19F2NO3S/c1-11(23-15(21)10-12-4-2-3-5-12)16(22)20-13-6-8-14(9-7-13)24-17(18)19/h2,4,6-9,11-12,17H,3,5,10H2,1H3,(H,20,22)/t11-,12+/m0/s1. The first-order valence-corrected chi connectivity index (χ1v) is 8.54. The number of allylic oxidation sites excluding steroid dienone is 2. The summed E-state index contributed by atoms with van der Waals surface area (Å²) in [5, 5.41) is 2.59. The Labute approximate surface area is 143 Å². The minimum atomic E-state index is -2.49. The molecule has 2 atom stereocenters. The van der Waals surface area contributed by atoms with Crippen LogP contribution in [0.5, 0.6) is 0 Å². The van der Waals surface area contributed by atoms with Gasteiger partial charge in [0.15, 0.2) is 6.10 Å². The maximum atomic E-state index is 12.2. The molecule has 1 N–H and O–H groups in total. The van der Waals surface area contributed by atoms with Gasteiger partial charge in [-0.2, -0.15) is 8.78 Å². The SMILES string of the molecule is C[C@H](OC(=O)C[C@@H]1C=CCC1)C(=O)Nc1ccc(SC(F)F)cc1. The Bertz CT molecular complexity index is 604. The van der Waals surface area contributed by atoms with E-state index in [9.17, 15) is 18.4 Å². The molecule has 1 aliphatic carbocycles. The number of carbonyl (C=O) groups excluding carboxylic acids is 2. The molecule has 0 radical (unpaired) electrons. The van der Waals surface area contributed by atoms with Crippen LogP contribution in [0.2, 0.25) is 0 Å². The molecule has 24 heavy (non-hydrogen) atoms. The number of benzene rings is 1. The summed E-state index contributed by atoms with van der Waals surface area (Å²) < 4.78 is 29.6. The third-order valence-electron chi connectivity index (χ3n) is 3.57. The molecule has 0 aliphatic heterocycles. The molecule has 0 saturated carbocycles. The predicted molar refractivity (Wildman–Crippen MR) is 89.0 cm³/mol. The van der Waals surface area contributed by atoms with Crippen LogP contribution in [0.25, 0.3) is 0 Å². The van der Waals surface area contributed by atoms with Gasteiger partial charge >= 0.3 is 5.97 Å². The van der Waals surface area contributed by atoms with Gasteiger partial charge in [-0.25, -0.2) is 0 Å². The lowest BCUT2D eigenvalue weighted by atomic mass is 10.1. The number of thioether (sulfide) groups is 1. The summed E-state index contributed by atoms with van der Waals surface area (Å²) in [4.78, 5) is 24.2. The Balaban J connectivity index is 1.80. The van der Waals surface area contributed by atoms with Crippen LogP contribution in [0.1, 0.15) is 26.2 Å². The van der Waals surface area contributed by atoms with Gasteiger partial charge in [-0.1, -0.05) is 23.9 Å². The lowest BCUT2D eigenvalue weighted by molar-refractivity contribution is -0.153. The van der Waals surface area contributed by atoms with Crippen LogP contribution in [-0.4, -0.2) is 23.7 Å². The van der Waals surface area contributed by atoms with Crippen molar-refractivity contribution in [1.29, 1.82) is 0 Å². The van der Waals surface area contributed by atoms with Crippen LogP contribution in [0.4, 0.5) is 14.5 Å². The minimum absolute atomic E-state index is 0.188. The molecule has 0 heterocycles. The van der Waals surface area contributed by atoms with E-state index in [1.807, 2.05) is 12.2 Å². The van der Waals surface area contributed by atoms with Gasteiger partial charge in [0.2, 0.25) is 0 Å². The molecule has 1 aromatic carbocycles. The zero-order chi connectivity index (χ0) is 17.5. The molecule has 0 bridgehead atoms. The quantitative estimate of drug-likeness (QED) is 0.452. The van der Waals surface area contributed by atoms with Crippen LogP contribution in [0.15, 0.2) is 41.3 Å². The van der Waals surface area contributed by atoms with Gasteiger partial charge in [-0.05, 0) is 49.9 Å². The predicted octanol–water partition coefficient (Wildman–Crippen LogP) is 4.23. The van der Waals surface area contributed by atoms with Crippen molar-refractivity contribution in [3.63, 3.8) is 0 Å². The molecular weight excluding hydrogens is 336 g/mol. The molecule has 2 rings (SSSR count). The molecule has 130 valence electrons. The normalized spacial score (nSPS) is 17.8. The van der Waals surface area contributed by atoms with Crippen molar-refractivity contribution in [2.75, 3.05) is 5.32 Å². The van der Waals surface area contributed by atoms with Gasteiger partial charge in [0, 0.05) is 10.6 Å². The maximum absolute atomic E-state index is 12.2. The van der Waals surface area contributed by atoms with E-state index in [1.54, 1.807) is 0 Å². The lowest BCUT2D eigenvalue weighted by Crippen LogP contribution is -2.30. The number of hydrogen-bond donors (Lipinski definition) is 1. The highest BCUT2D eigenvalue weighted by molar-refractivity contribution is 7.99. The van der Waals surface area contributed by atoms with E-state index in [4.69, 9.17) is 4.74 Å². The van der Waals surface area contributed by atoms with Crippen molar-refractivity contribution in [3.05, 3.63) is 36.4 Å². The molecule has 1 aromatic rings. The highest BCUT2D eigenvalue weighted by Crippen LogP contribution is 2.26. The molecule has 0 spiro atoms. The summed E-state index contributed by atoms with van der Waals surface area (Å²) in [5.41, 5.74) is 0.459. The van der Waals surface area contributed by atoms with Crippen molar-refractivity contribution in [2.45, 2.75) is 42.9 Å². The average Bonchev–Trinajstić information content (AvgIpc) is 3.01. The van der Waals surface area contributed by atoms with Crippen LogP contribution in [0, 0.1) is 5.92 Å². The van der Waals surface area contributed by atoms with E-state index < -0.39 is 23.7 Å². The molecule has 1 amide bonds. The average molecular weight is 355 g/mol. The van der Waals surface area contributed by atoms with Crippen molar-refractivity contribution in [3.8, 4) is 0 Å². The van der Waals surface area contributed by atoms with Gasteiger partial charge in [0.05, 0.1) is 6.42 Å². The Morgan fingerprint density at radius 3 is 2.62 bits per heavy atom. The van der Waals surface area contributed by atoms with E-state index in [1.165, 1.54) is 31.2 Å². The van der Waals surface area contributed by atoms with E-state index in [0.29, 0.717) is 22.3 Å². The Kier molecular flexibility index (Phi) is 6.78. The summed E-state index contributed by atoms with van der Waals surface area (Å²) in [6.07, 6.45) is 5.27. The smallest absolute Gasteiger partial charge is 0.307 e. The lowest BCUT2D eigenvalue weighted by Gasteiger charge is -2.15. The number of esters is 1. The fourth-order valence-corrected chi connectivity index (χ4v) is 2.84. The Hall–Kier alpha value is -1.89. The van der Waals surface area contributed by atoms with Gasteiger partial charge < -0.3 is 10.1 Å². The fraction of sp³-hybridized carbons (Fsp3) is 0.412. The summed E-state index contributed by atoms with van der Waals surface area (Å²) in [5.74, 6) is -3.16. The highest BCUT2D eigenvalue weighted by atomic mass is 32.2. The number of amides is 1. The second-order valence-electron chi connectivity index (χ2n) is 5.49. The number of ether oxygens (including phenoxy) is 1. The van der Waals surface area contributed by atoms with Crippen molar-refractivity contribution in [2.24, 2.45) is 5.92 Å².